The maximum atomic E-state index is 2.85. The summed E-state index contributed by atoms with van der Waals surface area (Å²) in [6, 6.07) is 22.3. The standard InChI is InChI=1S/C23H29N/c1-3-10-20(11-4-1)18-23-16-8-7-14-22(23)15-9-17-24(23)19-21-12-5-2-6-13-21/h1-6,10-13,22H,7-9,14-19H2/t22-,23+/m0/s1. The highest BCUT2D eigenvalue weighted by Gasteiger charge is 2.46. The third kappa shape index (κ3) is 3.15. The van der Waals surface area contributed by atoms with E-state index in [9.17, 15) is 0 Å². The van der Waals surface area contributed by atoms with Crippen molar-refractivity contribution in [2.24, 2.45) is 5.92 Å². The predicted molar refractivity (Wildman–Crippen MR) is 101 cm³/mol. The predicted octanol–water partition coefficient (Wildman–Crippen LogP) is 5.45. The summed E-state index contributed by atoms with van der Waals surface area (Å²) in [5.41, 5.74) is 3.37. The molecule has 1 saturated heterocycles. The zero-order valence-corrected chi connectivity index (χ0v) is 14.7. The average Bonchev–Trinajstić information content (AvgIpc) is 2.64. The first-order chi connectivity index (χ1) is 11.9. The van der Waals surface area contributed by atoms with Crippen molar-refractivity contribution in [3.8, 4) is 0 Å². The minimum absolute atomic E-state index is 0.383. The van der Waals surface area contributed by atoms with Gasteiger partial charge in [0.1, 0.15) is 0 Å². The van der Waals surface area contributed by atoms with E-state index in [0.717, 1.165) is 12.5 Å². The van der Waals surface area contributed by atoms with Crippen LogP contribution in [0.5, 0.6) is 0 Å². The molecule has 2 aromatic carbocycles. The molecule has 1 aliphatic heterocycles. The Balaban J connectivity index is 1.64. The molecule has 1 heteroatoms. The normalized spacial score (nSPS) is 27.6. The van der Waals surface area contributed by atoms with Gasteiger partial charge in [-0.05, 0) is 55.7 Å². The van der Waals surface area contributed by atoms with Crippen LogP contribution in [0.1, 0.15) is 49.7 Å². The lowest BCUT2D eigenvalue weighted by Crippen LogP contribution is -2.59. The highest BCUT2D eigenvalue weighted by Crippen LogP contribution is 2.46. The fourth-order valence-electron chi connectivity index (χ4n) is 5.21. The van der Waals surface area contributed by atoms with Crippen LogP contribution in [-0.2, 0) is 13.0 Å². The summed E-state index contributed by atoms with van der Waals surface area (Å²) >= 11 is 0. The minimum Gasteiger partial charge on any atom is -0.293 e. The molecule has 0 aromatic heterocycles. The van der Waals surface area contributed by atoms with E-state index in [1.54, 1.807) is 0 Å². The van der Waals surface area contributed by atoms with E-state index in [1.807, 2.05) is 0 Å². The van der Waals surface area contributed by atoms with Crippen LogP contribution in [0.15, 0.2) is 60.7 Å². The first kappa shape index (κ1) is 15.9. The number of fused-ring (bicyclic) bond motifs is 1. The van der Waals surface area contributed by atoms with Gasteiger partial charge in [-0.2, -0.15) is 0 Å². The third-order valence-corrected chi connectivity index (χ3v) is 6.35. The summed E-state index contributed by atoms with van der Waals surface area (Å²) in [7, 11) is 0. The van der Waals surface area contributed by atoms with E-state index in [-0.39, 0.29) is 0 Å². The largest absolute Gasteiger partial charge is 0.293 e. The lowest BCUT2D eigenvalue weighted by molar-refractivity contribution is -0.0403. The molecule has 1 aliphatic carbocycles. The summed E-state index contributed by atoms with van der Waals surface area (Å²) in [6.07, 6.45) is 9.66. The van der Waals surface area contributed by atoms with Gasteiger partial charge in [-0.3, -0.25) is 4.90 Å². The number of hydrogen-bond donors (Lipinski definition) is 0. The molecular formula is C23H29N. The van der Waals surface area contributed by atoms with Crippen LogP contribution in [0.2, 0.25) is 0 Å². The Morgan fingerprint density at radius 3 is 2.21 bits per heavy atom. The van der Waals surface area contributed by atoms with Gasteiger partial charge in [0.05, 0.1) is 0 Å². The van der Waals surface area contributed by atoms with Crippen LogP contribution < -0.4 is 0 Å². The van der Waals surface area contributed by atoms with Gasteiger partial charge in [-0.15, -0.1) is 0 Å². The van der Waals surface area contributed by atoms with E-state index in [0.29, 0.717) is 5.54 Å². The Labute approximate surface area is 146 Å². The van der Waals surface area contributed by atoms with Gasteiger partial charge in [-0.25, -0.2) is 0 Å². The van der Waals surface area contributed by atoms with E-state index in [1.165, 1.54) is 62.6 Å². The zero-order valence-electron chi connectivity index (χ0n) is 14.7. The number of rotatable bonds is 4. The monoisotopic (exact) mass is 319 g/mol. The molecule has 126 valence electrons. The number of hydrogen-bond acceptors (Lipinski definition) is 1. The summed E-state index contributed by atoms with van der Waals surface area (Å²) in [6.45, 7) is 2.38. The molecule has 0 N–H and O–H groups in total. The Morgan fingerprint density at radius 1 is 0.792 bits per heavy atom. The van der Waals surface area contributed by atoms with E-state index in [4.69, 9.17) is 0 Å². The summed E-state index contributed by atoms with van der Waals surface area (Å²) < 4.78 is 0. The van der Waals surface area contributed by atoms with Crippen LogP contribution in [0.4, 0.5) is 0 Å². The summed E-state index contributed by atoms with van der Waals surface area (Å²) in [5.74, 6) is 0.879. The van der Waals surface area contributed by atoms with E-state index in [2.05, 4.69) is 65.6 Å². The molecule has 0 amide bonds. The molecule has 0 unspecified atom stereocenters. The second kappa shape index (κ2) is 7.11. The SMILES string of the molecule is c1ccc(CN2CCC[C@@H]3CCCC[C@@]32Cc2ccccc2)cc1. The van der Waals surface area contributed by atoms with Gasteiger partial charge < -0.3 is 0 Å². The smallest absolute Gasteiger partial charge is 0.0281 e. The quantitative estimate of drug-likeness (QED) is 0.724. The summed E-state index contributed by atoms with van der Waals surface area (Å²) in [5, 5.41) is 0. The lowest BCUT2D eigenvalue weighted by Gasteiger charge is -2.55. The van der Waals surface area contributed by atoms with Crippen molar-refractivity contribution in [3.63, 3.8) is 0 Å². The Hall–Kier alpha value is -1.60. The molecule has 1 saturated carbocycles. The highest BCUT2D eigenvalue weighted by atomic mass is 15.2. The van der Waals surface area contributed by atoms with Crippen molar-refractivity contribution in [1.29, 1.82) is 0 Å². The Bertz CT molecular complexity index is 634. The van der Waals surface area contributed by atoms with E-state index >= 15 is 0 Å². The van der Waals surface area contributed by atoms with Crippen LogP contribution in [0.25, 0.3) is 0 Å². The molecule has 2 fully saturated rings. The van der Waals surface area contributed by atoms with Gasteiger partial charge in [0.2, 0.25) is 0 Å². The first-order valence-electron chi connectivity index (χ1n) is 9.70. The Morgan fingerprint density at radius 2 is 1.46 bits per heavy atom. The number of benzene rings is 2. The molecule has 0 spiro atoms. The molecule has 2 aliphatic rings. The van der Waals surface area contributed by atoms with Crippen molar-refractivity contribution in [3.05, 3.63) is 71.8 Å². The molecule has 2 atom stereocenters. The number of nitrogens with zero attached hydrogens (tertiary/aromatic N) is 1. The number of piperidine rings is 1. The topological polar surface area (TPSA) is 3.24 Å². The van der Waals surface area contributed by atoms with Crippen molar-refractivity contribution in [2.75, 3.05) is 6.54 Å². The fraction of sp³-hybridized carbons (Fsp3) is 0.478. The van der Waals surface area contributed by atoms with Crippen molar-refractivity contribution >= 4 is 0 Å². The Kier molecular flexibility index (Phi) is 4.71. The molecule has 24 heavy (non-hydrogen) atoms. The van der Waals surface area contributed by atoms with Crippen LogP contribution in [0.3, 0.4) is 0 Å². The first-order valence-corrected chi connectivity index (χ1v) is 9.70. The molecule has 1 nitrogen and oxygen atoms in total. The second-order valence-electron chi connectivity index (χ2n) is 7.76. The third-order valence-electron chi connectivity index (χ3n) is 6.35. The van der Waals surface area contributed by atoms with Gasteiger partial charge in [0.15, 0.2) is 0 Å². The highest BCUT2D eigenvalue weighted by molar-refractivity contribution is 5.21. The van der Waals surface area contributed by atoms with Gasteiger partial charge in [-0.1, -0.05) is 73.5 Å². The van der Waals surface area contributed by atoms with Crippen LogP contribution in [0, 0.1) is 5.92 Å². The van der Waals surface area contributed by atoms with Gasteiger partial charge >= 0.3 is 0 Å². The fourth-order valence-corrected chi connectivity index (χ4v) is 5.21. The maximum absolute atomic E-state index is 2.85. The van der Waals surface area contributed by atoms with Crippen LogP contribution >= 0.6 is 0 Å². The average molecular weight is 319 g/mol. The minimum atomic E-state index is 0.383. The summed E-state index contributed by atoms with van der Waals surface area (Å²) in [4.78, 5) is 2.85. The molecule has 1 heterocycles. The second-order valence-corrected chi connectivity index (χ2v) is 7.76. The maximum Gasteiger partial charge on any atom is 0.0281 e. The van der Waals surface area contributed by atoms with Crippen molar-refractivity contribution in [1.82, 2.24) is 4.90 Å². The van der Waals surface area contributed by atoms with Crippen LogP contribution in [-0.4, -0.2) is 17.0 Å². The number of likely N-dealkylation sites (tertiary alicyclic amines) is 1. The molecule has 4 rings (SSSR count). The van der Waals surface area contributed by atoms with Crippen molar-refractivity contribution < 1.29 is 0 Å². The van der Waals surface area contributed by atoms with Gasteiger partial charge in [0, 0.05) is 12.1 Å². The van der Waals surface area contributed by atoms with Gasteiger partial charge in [0.25, 0.3) is 0 Å². The molecule has 0 radical (unpaired) electrons. The van der Waals surface area contributed by atoms with E-state index < -0.39 is 0 Å². The molecule has 0 bridgehead atoms. The lowest BCUT2D eigenvalue weighted by atomic mass is 9.65. The van der Waals surface area contributed by atoms with Crippen molar-refractivity contribution in [2.45, 2.75) is 57.0 Å². The molecule has 2 aromatic rings. The molecular weight excluding hydrogens is 290 g/mol. The zero-order chi connectivity index (χ0) is 16.2.